The monoisotopic (exact) mass is 313 g/mol. The maximum atomic E-state index is 11.5. The predicted molar refractivity (Wildman–Crippen MR) is 92.3 cm³/mol. The third-order valence-corrected chi connectivity index (χ3v) is 3.84. The van der Waals surface area contributed by atoms with Gasteiger partial charge in [-0.2, -0.15) is 0 Å². The molecule has 4 heteroatoms. The Balaban J connectivity index is 2.45. The van der Waals surface area contributed by atoms with Crippen LogP contribution in [0.2, 0.25) is 0 Å². The molecule has 0 unspecified atom stereocenters. The van der Waals surface area contributed by atoms with Crippen LogP contribution in [0.1, 0.15) is 42.3 Å². The van der Waals surface area contributed by atoms with Crippen molar-refractivity contribution in [3.63, 3.8) is 0 Å². The fourth-order valence-corrected chi connectivity index (χ4v) is 2.52. The molecule has 0 heterocycles. The van der Waals surface area contributed by atoms with Crippen molar-refractivity contribution >= 4 is 11.7 Å². The second-order valence-electron chi connectivity index (χ2n) is 6.79. The van der Waals surface area contributed by atoms with Crippen molar-refractivity contribution in [3.05, 3.63) is 59.2 Å². The molecule has 0 aliphatic heterocycles. The summed E-state index contributed by atoms with van der Waals surface area (Å²) in [6.07, 6.45) is 0. The topological polar surface area (TPSA) is 60.8 Å². The molecular formula is C19H23NO3. The third-order valence-electron chi connectivity index (χ3n) is 3.84. The second kappa shape index (κ2) is 6.32. The fraction of sp³-hybridized carbons (Fsp3) is 0.316. The Kier molecular flexibility index (Phi) is 4.64. The van der Waals surface area contributed by atoms with E-state index in [-0.39, 0.29) is 16.7 Å². The van der Waals surface area contributed by atoms with Crippen molar-refractivity contribution in [1.82, 2.24) is 0 Å². The van der Waals surface area contributed by atoms with E-state index in [4.69, 9.17) is 0 Å². The fourth-order valence-electron chi connectivity index (χ4n) is 2.52. The van der Waals surface area contributed by atoms with Gasteiger partial charge in [-0.05, 0) is 23.1 Å². The molecule has 0 amide bonds. The molecule has 2 aromatic carbocycles. The minimum atomic E-state index is -1.12. The molecule has 0 atom stereocenters. The van der Waals surface area contributed by atoms with Gasteiger partial charge in [0, 0.05) is 24.8 Å². The number of carboxylic acid groups (broad SMARTS) is 1. The van der Waals surface area contributed by atoms with Crippen LogP contribution in [-0.2, 0) is 12.0 Å². The lowest BCUT2D eigenvalue weighted by Crippen LogP contribution is -2.19. The normalized spacial score (nSPS) is 11.3. The predicted octanol–water partition coefficient (Wildman–Crippen LogP) is 4.02. The van der Waals surface area contributed by atoms with Gasteiger partial charge in [-0.3, -0.25) is 0 Å². The lowest BCUT2D eigenvalue weighted by Gasteiger charge is -2.26. The zero-order valence-corrected chi connectivity index (χ0v) is 14.0. The summed E-state index contributed by atoms with van der Waals surface area (Å²) < 4.78 is 0. The first kappa shape index (κ1) is 16.9. The van der Waals surface area contributed by atoms with Gasteiger partial charge in [-0.1, -0.05) is 51.1 Å². The average molecular weight is 313 g/mol. The van der Waals surface area contributed by atoms with Crippen molar-refractivity contribution in [2.24, 2.45) is 0 Å². The Morgan fingerprint density at radius 3 is 2.26 bits per heavy atom. The number of hydrogen-bond donors (Lipinski definition) is 2. The Morgan fingerprint density at radius 2 is 1.74 bits per heavy atom. The van der Waals surface area contributed by atoms with E-state index in [0.29, 0.717) is 12.1 Å². The molecule has 0 saturated carbocycles. The van der Waals surface area contributed by atoms with Crippen molar-refractivity contribution in [3.8, 4) is 5.75 Å². The van der Waals surface area contributed by atoms with Crippen LogP contribution in [0.3, 0.4) is 0 Å². The van der Waals surface area contributed by atoms with Gasteiger partial charge in [-0.25, -0.2) is 4.79 Å². The van der Waals surface area contributed by atoms with Crippen LogP contribution in [0.5, 0.6) is 5.75 Å². The minimum absolute atomic E-state index is 0.0627. The van der Waals surface area contributed by atoms with E-state index in [1.54, 1.807) is 0 Å². The van der Waals surface area contributed by atoms with Crippen LogP contribution in [0.4, 0.5) is 5.69 Å². The van der Waals surface area contributed by atoms with E-state index in [9.17, 15) is 15.0 Å². The van der Waals surface area contributed by atoms with Gasteiger partial charge in [0.05, 0.1) is 0 Å². The highest BCUT2D eigenvalue weighted by molar-refractivity contribution is 5.93. The van der Waals surface area contributed by atoms with Gasteiger partial charge in [0.1, 0.15) is 11.3 Å². The van der Waals surface area contributed by atoms with Crippen LogP contribution in [-0.4, -0.2) is 23.2 Å². The number of anilines is 1. The van der Waals surface area contributed by atoms with Crippen LogP contribution in [0, 0.1) is 0 Å². The van der Waals surface area contributed by atoms with Gasteiger partial charge < -0.3 is 15.1 Å². The molecular weight excluding hydrogens is 290 g/mol. The number of rotatable bonds is 4. The number of aromatic hydroxyl groups is 1. The summed E-state index contributed by atoms with van der Waals surface area (Å²) in [5.74, 6) is -1.27. The zero-order chi connectivity index (χ0) is 17.2. The Bertz CT molecular complexity index is 703. The van der Waals surface area contributed by atoms with Gasteiger partial charge in [0.25, 0.3) is 0 Å². The molecule has 23 heavy (non-hydrogen) atoms. The average Bonchev–Trinajstić information content (AvgIpc) is 2.46. The quantitative estimate of drug-likeness (QED) is 0.895. The van der Waals surface area contributed by atoms with E-state index in [2.05, 4.69) is 0 Å². The Morgan fingerprint density at radius 1 is 1.13 bits per heavy atom. The maximum Gasteiger partial charge on any atom is 0.339 e. The molecule has 0 saturated heterocycles. The number of phenols is 1. The summed E-state index contributed by atoms with van der Waals surface area (Å²) in [6.45, 7) is 6.52. The van der Waals surface area contributed by atoms with Crippen LogP contribution in [0.15, 0.2) is 42.5 Å². The van der Waals surface area contributed by atoms with Crippen LogP contribution < -0.4 is 4.90 Å². The van der Waals surface area contributed by atoms with E-state index in [0.717, 1.165) is 11.3 Å². The Hall–Kier alpha value is -2.49. The number of carbonyl (C=O) groups is 1. The molecule has 0 spiro atoms. The number of carboxylic acids is 1. The molecule has 0 radical (unpaired) electrons. The van der Waals surface area contributed by atoms with Gasteiger partial charge >= 0.3 is 5.97 Å². The van der Waals surface area contributed by atoms with E-state index in [1.165, 1.54) is 6.07 Å². The summed E-state index contributed by atoms with van der Waals surface area (Å²) >= 11 is 0. The molecule has 0 fully saturated rings. The highest BCUT2D eigenvalue weighted by Crippen LogP contribution is 2.37. The molecule has 0 bridgehead atoms. The molecule has 2 aromatic rings. The first-order chi connectivity index (χ1) is 10.7. The molecule has 122 valence electrons. The molecule has 0 aliphatic carbocycles. The first-order valence-corrected chi connectivity index (χ1v) is 7.56. The van der Waals surface area contributed by atoms with Crippen molar-refractivity contribution < 1.29 is 15.0 Å². The lowest BCUT2D eigenvalue weighted by atomic mass is 9.84. The van der Waals surface area contributed by atoms with E-state index < -0.39 is 5.97 Å². The summed E-state index contributed by atoms with van der Waals surface area (Å²) in [6, 6.07) is 13.4. The van der Waals surface area contributed by atoms with Gasteiger partial charge in [0.2, 0.25) is 0 Å². The largest absolute Gasteiger partial charge is 0.507 e. The number of benzene rings is 2. The molecule has 2 N–H and O–H groups in total. The number of hydrogen-bond acceptors (Lipinski definition) is 3. The maximum absolute atomic E-state index is 11.5. The smallest absolute Gasteiger partial charge is 0.339 e. The summed E-state index contributed by atoms with van der Waals surface area (Å²) in [5.41, 5.74) is 2.13. The Labute approximate surface area is 137 Å². The third kappa shape index (κ3) is 3.83. The van der Waals surface area contributed by atoms with E-state index in [1.807, 2.05) is 69.1 Å². The van der Waals surface area contributed by atoms with Crippen molar-refractivity contribution in [2.45, 2.75) is 32.7 Å². The van der Waals surface area contributed by atoms with Gasteiger partial charge in [0.15, 0.2) is 0 Å². The number of aromatic carboxylic acids is 1. The summed E-state index contributed by atoms with van der Waals surface area (Å²) in [5, 5.41) is 19.7. The lowest BCUT2D eigenvalue weighted by molar-refractivity contribution is 0.0693. The molecule has 0 aliphatic rings. The molecule has 0 aromatic heterocycles. The van der Waals surface area contributed by atoms with Crippen molar-refractivity contribution in [2.75, 3.05) is 11.9 Å². The summed E-state index contributed by atoms with van der Waals surface area (Å²) in [4.78, 5) is 13.4. The van der Waals surface area contributed by atoms with E-state index >= 15 is 0 Å². The molecule has 2 rings (SSSR count). The van der Waals surface area contributed by atoms with Gasteiger partial charge in [-0.15, -0.1) is 0 Å². The molecule has 4 nitrogen and oxygen atoms in total. The highest BCUT2D eigenvalue weighted by atomic mass is 16.4. The number of nitrogens with zero attached hydrogens (tertiary/aromatic N) is 1. The zero-order valence-electron chi connectivity index (χ0n) is 14.0. The van der Waals surface area contributed by atoms with Crippen LogP contribution >= 0.6 is 0 Å². The van der Waals surface area contributed by atoms with Crippen LogP contribution in [0.25, 0.3) is 0 Å². The highest BCUT2D eigenvalue weighted by Gasteiger charge is 2.24. The first-order valence-electron chi connectivity index (χ1n) is 7.56. The second-order valence-corrected chi connectivity index (χ2v) is 6.79. The minimum Gasteiger partial charge on any atom is -0.507 e. The summed E-state index contributed by atoms with van der Waals surface area (Å²) in [7, 11) is 1.91. The standard InChI is InChI=1S/C19H23NO3/c1-19(2,3)16-11-14(10-15(17(16)21)18(22)23)20(4)12-13-8-6-5-7-9-13/h5-11,21H,12H2,1-4H3,(H,22,23). The van der Waals surface area contributed by atoms with Crippen molar-refractivity contribution in [1.29, 1.82) is 0 Å². The SMILES string of the molecule is CN(Cc1ccccc1)c1cc(C(=O)O)c(O)c(C(C)(C)C)c1.